The number of likely N-dealkylation sites (tertiary alicyclic amines) is 1. The molecule has 1 aromatic carbocycles. The fraction of sp³-hybridized carbons (Fsp3) is 0.533. The SMILES string of the molecule is Cc1cc(SCC(=O)N2CCC(C)(O)C2)c(C)cc1Br. The smallest absolute Gasteiger partial charge is 0.233 e. The Labute approximate surface area is 132 Å². The number of aliphatic hydroxyl groups is 1. The summed E-state index contributed by atoms with van der Waals surface area (Å²) in [5, 5.41) is 9.90. The first-order valence-electron chi connectivity index (χ1n) is 6.68. The molecule has 1 aliphatic rings. The minimum atomic E-state index is -0.718. The summed E-state index contributed by atoms with van der Waals surface area (Å²) in [5.74, 6) is 0.533. The minimum absolute atomic E-state index is 0.104. The van der Waals surface area contributed by atoms with E-state index in [1.807, 2.05) is 6.92 Å². The molecule has 1 unspecified atom stereocenters. The van der Waals surface area contributed by atoms with Gasteiger partial charge in [-0.2, -0.15) is 0 Å². The van der Waals surface area contributed by atoms with Crippen molar-refractivity contribution in [3.8, 4) is 0 Å². The lowest BCUT2D eigenvalue weighted by Gasteiger charge is -2.19. The highest BCUT2D eigenvalue weighted by Gasteiger charge is 2.33. The van der Waals surface area contributed by atoms with Gasteiger partial charge in [-0.1, -0.05) is 15.9 Å². The van der Waals surface area contributed by atoms with Crippen molar-refractivity contribution in [1.82, 2.24) is 4.90 Å². The van der Waals surface area contributed by atoms with Gasteiger partial charge >= 0.3 is 0 Å². The Kier molecular flexibility index (Phi) is 4.82. The van der Waals surface area contributed by atoms with Crippen LogP contribution in [0.25, 0.3) is 0 Å². The summed E-state index contributed by atoms with van der Waals surface area (Å²) < 4.78 is 1.10. The second kappa shape index (κ2) is 6.08. The molecule has 1 amide bonds. The molecule has 2 rings (SSSR count). The van der Waals surface area contributed by atoms with Crippen LogP contribution in [0.2, 0.25) is 0 Å². The van der Waals surface area contributed by atoms with Gasteiger partial charge in [-0.15, -0.1) is 11.8 Å². The molecule has 0 saturated carbocycles. The van der Waals surface area contributed by atoms with Gasteiger partial charge in [0.1, 0.15) is 0 Å². The predicted octanol–water partition coefficient (Wildman–Crippen LogP) is 3.14. The molecule has 1 heterocycles. The number of aryl methyl sites for hydroxylation is 2. The first kappa shape index (κ1) is 15.9. The number of hydrogen-bond acceptors (Lipinski definition) is 3. The van der Waals surface area contributed by atoms with Gasteiger partial charge in [-0.25, -0.2) is 0 Å². The number of thioether (sulfide) groups is 1. The largest absolute Gasteiger partial charge is 0.388 e. The van der Waals surface area contributed by atoms with Crippen LogP contribution < -0.4 is 0 Å². The maximum Gasteiger partial charge on any atom is 0.233 e. The van der Waals surface area contributed by atoms with Crippen molar-refractivity contribution in [2.24, 2.45) is 0 Å². The van der Waals surface area contributed by atoms with Gasteiger partial charge in [0.2, 0.25) is 5.91 Å². The maximum absolute atomic E-state index is 12.2. The fourth-order valence-corrected chi connectivity index (χ4v) is 3.76. The van der Waals surface area contributed by atoms with E-state index in [-0.39, 0.29) is 5.91 Å². The second-order valence-corrected chi connectivity index (χ2v) is 7.59. The summed E-state index contributed by atoms with van der Waals surface area (Å²) in [6, 6.07) is 4.19. The quantitative estimate of drug-likeness (QED) is 0.844. The molecule has 1 aromatic rings. The monoisotopic (exact) mass is 357 g/mol. The van der Waals surface area contributed by atoms with Crippen LogP contribution in [0.1, 0.15) is 24.5 Å². The van der Waals surface area contributed by atoms with Crippen molar-refractivity contribution >= 4 is 33.6 Å². The van der Waals surface area contributed by atoms with E-state index < -0.39 is 5.60 Å². The van der Waals surface area contributed by atoms with Crippen molar-refractivity contribution in [3.05, 3.63) is 27.7 Å². The molecule has 0 radical (unpaired) electrons. The summed E-state index contributed by atoms with van der Waals surface area (Å²) in [6.45, 7) is 7.00. The Morgan fingerprint density at radius 2 is 2.15 bits per heavy atom. The highest BCUT2D eigenvalue weighted by molar-refractivity contribution is 9.10. The number of nitrogens with zero attached hydrogens (tertiary/aromatic N) is 1. The lowest BCUT2D eigenvalue weighted by atomic mass is 10.1. The van der Waals surface area contributed by atoms with Crippen molar-refractivity contribution in [3.63, 3.8) is 0 Å². The molecular formula is C15H20BrNO2S. The van der Waals surface area contributed by atoms with Crippen molar-refractivity contribution in [1.29, 1.82) is 0 Å². The Balaban J connectivity index is 1.96. The van der Waals surface area contributed by atoms with Gasteiger partial charge < -0.3 is 10.0 Å². The van der Waals surface area contributed by atoms with Gasteiger partial charge in [0.25, 0.3) is 0 Å². The number of halogens is 1. The zero-order valence-electron chi connectivity index (χ0n) is 12.1. The van der Waals surface area contributed by atoms with Crippen LogP contribution in [0, 0.1) is 13.8 Å². The van der Waals surface area contributed by atoms with Crippen LogP contribution in [-0.4, -0.2) is 40.4 Å². The van der Waals surface area contributed by atoms with E-state index in [1.165, 1.54) is 11.1 Å². The number of rotatable bonds is 3. The van der Waals surface area contributed by atoms with Gasteiger partial charge in [0.15, 0.2) is 0 Å². The third-order valence-electron chi connectivity index (χ3n) is 3.61. The molecule has 0 aromatic heterocycles. The first-order valence-corrected chi connectivity index (χ1v) is 8.46. The first-order chi connectivity index (χ1) is 9.28. The van der Waals surface area contributed by atoms with Crippen molar-refractivity contribution in [2.45, 2.75) is 37.7 Å². The number of β-amino-alcohol motifs (C(OH)–C–C–N with tert-alkyl or cyclic N) is 1. The van der Waals surface area contributed by atoms with Gasteiger partial charge in [-0.05, 0) is 50.5 Å². The highest BCUT2D eigenvalue weighted by atomic mass is 79.9. The van der Waals surface area contributed by atoms with Crippen LogP contribution in [0.15, 0.2) is 21.5 Å². The lowest BCUT2D eigenvalue weighted by molar-refractivity contribution is -0.128. The van der Waals surface area contributed by atoms with E-state index in [2.05, 4.69) is 35.0 Å². The third kappa shape index (κ3) is 3.77. The number of carbonyl (C=O) groups is 1. The van der Waals surface area contributed by atoms with E-state index in [4.69, 9.17) is 0 Å². The van der Waals surface area contributed by atoms with Crippen LogP contribution >= 0.6 is 27.7 Å². The standard InChI is InChI=1S/C15H20BrNO2S/c1-10-7-13(11(2)6-12(10)16)20-8-14(18)17-5-4-15(3,19)9-17/h6-7,19H,4-5,8-9H2,1-3H3. The molecule has 1 fully saturated rings. The number of hydrogen-bond donors (Lipinski definition) is 1. The number of benzene rings is 1. The topological polar surface area (TPSA) is 40.5 Å². The zero-order valence-corrected chi connectivity index (χ0v) is 14.5. The molecule has 1 aliphatic heterocycles. The van der Waals surface area contributed by atoms with E-state index in [9.17, 15) is 9.90 Å². The third-order valence-corrected chi connectivity index (χ3v) is 5.61. The summed E-state index contributed by atoms with van der Waals surface area (Å²) in [4.78, 5) is 15.1. The van der Waals surface area contributed by atoms with Crippen LogP contribution in [-0.2, 0) is 4.79 Å². The van der Waals surface area contributed by atoms with Crippen LogP contribution in [0.5, 0.6) is 0 Å². The number of amides is 1. The van der Waals surface area contributed by atoms with Gasteiger partial charge in [0.05, 0.1) is 11.4 Å². The molecule has 1 atom stereocenters. The Morgan fingerprint density at radius 1 is 1.45 bits per heavy atom. The van der Waals surface area contributed by atoms with Crippen LogP contribution in [0.4, 0.5) is 0 Å². The van der Waals surface area contributed by atoms with Crippen molar-refractivity contribution < 1.29 is 9.90 Å². The average molecular weight is 358 g/mol. The van der Waals surface area contributed by atoms with E-state index >= 15 is 0 Å². The molecule has 110 valence electrons. The van der Waals surface area contributed by atoms with Gasteiger partial charge in [0, 0.05) is 22.5 Å². The molecule has 0 aliphatic carbocycles. The Bertz CT molecular complexity index is 531. The average Bonchev–Trinajstić information content (AvgIpc) is 2.72. The second-order valence-electron chi connectivity index (χ2n) is 5.72. The molecule has 3 nitrogen and oxygen atoms in total. The fourth-order valence-electron chi connectivity index (χ4n) is 2.30. The summed E-state index contributed by atoms with van der Waals surface area (Å²) >= 11 is 5.09. The maximum atomic E-state index is 12.2. The summed E-state index contributed by atoms with van der Waals surface area (Å²) in [6.07, 6.45) is 0.666. The van der Waals surface area contributed by atoms with E-state index in [1.54, 1.807) is 23.6 Å². The molecule has 1 saturated heterocycles. The van der Waals surface area contributed by atoms with Crippen LogP contribution in [0.3, 0.4) is 0 Å². The molecule has 5 heteroatoms. The molecule has 20 heavy (non-hydrogen) atoms. The lowest BCUT2D eigenvalue weighted by Crippen LogP contribution is -2.34. The minimum Gasteiger partial charge on any atom is -0.388 e. The molecule has 1 N–H and O–H groups in total. The molecular weight excluding hydrogens is 338 g/mol. The Morgan fingerprint density at radius 3 is 2.75 bits per heavy atom. The highest BCUT2D eigenvalue weighted by Crippen LogP contribution is 2.29. The summed E-state index contributed by atoms with van der Waals surface area (Å²) in [5.41, 5.74) is 1.63. The molecule has 0 bridgehead atoms. The molecule has 0 spiro atoms. The Hall–Kier alpha value is -0.520. The zero-order chi connectivity index (χ0) is 14.9. The normalized spacial score (nSPS) is 22.4. The number of carbonyl (C=O) groups excluding carboxylic acids is 1. The van der Waals surface area contributed by atoms with E-state index in [0.29, 0.717) is 25.3 Å². The van der Waals surface area contributed by atoms with Crippen molar-refractivity contribution in [2.75, 3.05) is 18.8 Å². The van der Waals surface area contributed by atoms with Gasteiger partial charge in [-0.3, -0.25) is 4.79 Å². The predicted molar refractivity (Wildman–Crippen MR) is 86.2 cm³/mol. The van der Waals surface area contributed by atoms with E-state index in [0.717, 1.165) is 9.37 Å². The summed E-state index contributed by atoms with van der Waals surface area (Å²) in [7, 11) is 0.